The normalized spacial score (nSPS) is 36.3. The number of hydrogen-bond donors (Lipinski definition) is 0. The molecule has 0 amide bonds. The van der Waals surface area contributed by atoms with Gasteiger partial charge in [-0.3, -0.25) is 0 Å². The van der Waals surface area contributed by atoms with Crippen LogP contribution in [0.1, 0.15) is 60.3 Å². The zero-order chi connectivity index (χ0) is 8.91. The van der Waals surface area contributed by atoms with Gasteiger partial charge in [0.1, 0.15) is 0 Å². The summed E-state index contributed by atoms with van der Waals surface area (Å²) in [7, 11) is 0. The molecule has 0 aromatic heterocycles. The highest BCUT2D eigenvalue weighted by Gasteiger charge is 2.30. The second-order valence-corrected chi connectivity index (χ2v) is 4.01. The van der Waals surface area contributed by atoms with Gasteiger partial charge in [-0.15, -0.1) is 0 Å². The van der Waals surface area contributed by atoms with E-state index in [9.17, 15) is 0 Å². The van der Waals surface area contributed by atoms with Crippen molar-refractivity contribution in [3.05, 3.63) is 0 Å². The molecule has 1 rings (SSSR count). The van der Waals surface area contributed by atoms with E-state index in [1.54, 1.807) is 0 Å². The Morgan fingerprint density at radius 1 is 1.36 bits per heavy atom. The van der Waals surface area contributed by atoms with E-state index in [1.165, 1.54) is 25.7 Å². The molecule has 1 saturated carbocycles. The number of rotatable bonds is 1. The lowest BCUT2D eigenvalue weighted by Gasteiger charge is -2.20. The Balaban J connectivity index is 0.000000461. The largest absolute Gasteiger partial charge is 0.0683 e. The molecule has 0 radical (unpaired) electrons. The third-order valence-corrected chi connectivity index (χ3v) is 2.94. The average Bonchev–Trinajstić information content (AvgIpc) is 2.37. The van der Waals surface area contributed by atoms with Gasteiger partial charge in [0.2, 0.25) is 0 Å². The maximum absolute atomic E-state index is 2.43. The van der Waals surface area contributed by atoms with Gasteiger partial charge in [0.05, 0.1) is 0 Å². The van der Waals surface area contributed by atoms with Gasteiger partial charge < -0.3 is 0 Å². The molecule has 0 bridgehead atoms. The molecule has 68 valence electrons. The summed E-state index contributed by atoms with van der Waals surface area (Å²) in [6.45, 7) is 11.1. The zero-order valence-electron chi connectivity index (χ0n) is 8.91. The van der Waals surface area contributed by atoms with Gasteiger partial charge in [0, 0.05) is 0 Å². The van der Waals surface area contributed by atoms with Crippen LogP contribution in [0.3, 0.4) is 0 Å². The van der Waals surface area contributed by atoms with E-state index in [1.807, 2.05) is 13.8 Å². The fraction of sp³-hybridized carbons (Fsp3) is 1.00. The average molecular weight is 156 g/mol. The highest BCUT2D eigenvalue weighted by molar-refractivity contribution is 4.82. The van der Waals surface area contributed by atoms with E-state index < -0.39 is 0 Å². The zero-order valence-corrected chi connectivity index (χ0v) is 8.91. The van der Waals surface area contributed by atoms with Crippen molar-refractivity contribution in [2.24, 2.45) is 11.3 Å². The molecule has 0 aromatic rings. The molecule has 0 heteroatoms. The van der Waals surface area contributed by atoms with Crippen LogP contribution in [-0.4, -0.2) is 0 Å². The van der Waals surface area contributed by atoms with Gasteiger partial charge in [-0.25, -0.2) is 0 Å². The summed E-state index contributed by atoms with van der Waals surface area (Å²) in [6, 6.07) is 0. The van der Waals surface area contributed by atoms with Crippen LogP contribution in [0, 0.1) is 11.3 Å². The molecule has 0 aliphatic heterocycles. The molecule has 0 N–H and O–H groups in total. The minimum absolute atomic E-state index is 0.708. The fourth-order valence-corrected chi connectivity index (χ4v) is 1.96. The van der Waals surface area contributed by atoms with Crippen LogP contribution in [0.15, 0.2) is 0 Å². The van der Waals surface area contributed by atoms with Crippen LogP contribution < -0.4 is 0 Å². The van der Waals surface area contributed by atoms with Crippen molar-refractivity contribution in [2.75, 3.05) is 0 Å². The molecular formula is C11H24. The first-order valence-electron chi connectivity index (χ1n) is 5.16. The molecule has 0 saturated heterocycles. The van der Waals surface area contributed by atoms with Crippen molar-refractivity contribution in [3.63, 3.8) is 0 Å². The summed E-state index contributed by atoms with van der Waals surface area (Å²) in [5.41, 5.74) is 0.708. The van der Waals surface area contributed by atoms with Crippen LogP contribution >= 0.6 is 0 Å². The van der Waals surface area contributed by atoms with Crippen LogP contribution in [0.5, 0.6) is 0 Å². The minimum Gasteiger partial charge on any atom is -0.0683 e. The second-order valence-electron chi connectivity index (χ2n) is 4.01. The highest BCUT2D eigenvalue weighted by Crippen LogP contribution is 2.43. The standard InChI is InChI=1S/C9H18.C2H6/c1-4-9(3)6-5-8(2)7-9;1-2/h8H,4-7H2,1-3H3;1-2H3/t8?,9-;/m1./s1. The third-order valence-electron chi connectivity index (χ3n) is 2.94. The van der Waals surface area contributed by atoms with Gasteiger partial charge in [-0.05, 0) is 24.2 Å². The quantitative estimate of drug-likeness (QED) is 0.532. The summed E-state index contributed by atoms with van der Waals surface area (Å²) in [5.74, 6) is 0.995. The fourth-order valence-electron chi connectivity index (χ4n) is 1.96. The Hall–Kier alpha value is 0. The first-order valence-corrected chi connectivity index (χ1v) is 5.16. The minimum atomic E-state index is 0.708. The van der Waals surface area contributed by atoms with Crippen molar-refractivity contribution < 1.29 is 0 Å². The van der Waals surface area contributed by atoms with Gasteiger partial charge in [-0.1, -0.05) is 47.5 Å². The van der Waals surface area contributed by atoms with Gasteiger partial charge in [0.25, 0.3) is 0 Å². The molecule has 0 nitrogen and oxygen atoms in total. The Labute approximate surface area is 72.4 Å². The van der Waals surface area contributed by atoms with Crippen molar-refractivity contribution in [1.29, 1.82) is 0 Å². The molecular weight excluding hydrogens is 132 g/mol. The van der Waals surface area contributed by atoms with Crippen LogP contribution in [0.2, 0.25) is 0 Å². The van der Waals surface area contributed by atoms with Crippen LogP contribution in [-0.2, 0) is 0 Å². The maximum atomic E-state index is 2.43. The summed E-state index contributed by atoms with van der Waals surface area (Å²) >= 11 is 0. The lowest BCUT2D eigenvalue weighted by Crippen LogP contribution is -2.08. The molecule has 1 unspecified atom stereocenters. The van der Waals surface area contributed by atoms with E-state index in [0.717, 1.165) is 5.92 Å². The second kappa shape index (κ2) is 4.79. The summed E-state index contributed by atoms with van der Waals surface area (Å²) in [5, 5.41) is 0. The molecule has 1 aliphatic rings. The van der Waals surface area contributed by atoms with E-state index in [-0.39, 0.29) is 0 Å². The van der Waals surface area contributed by atoms with E-state index in [2.05, 4.69) is 20.8 Å². The van der Waals surface area contributed by atoms with Crippen molar-refractivity contribution in [3.8, 4) is 0 Å². The summed E-state index contributed by atoms with van der Waals surface area (Å²) in [4.78, 5) is 0. The molecule has 11 heavy (non-hydrogen) atoms. The third kappa shape index (κ3) is 3.27. The SMILES string of the molecule is CC.CC[C@]1(C)CCC(C)C1. The monoisotopic (exact) mass is 156 g/mol. The number of hydrogen-bond acceptors (Lipinski definition) is 0. The molecule has 2 atom stereocenters. The Bertz CT molecular complexity index is 96.2. The first kappa shape index (κ1) is 11.0. The van der Waals surface area contributed by atoms with Gasteiger partial charge in [0.15, 0.2) is 0 Å². The molecule has 1 fully saturated rings. The summed E-state index contributed by atoms with van der Waals surface area (Å²) < 4.78 is 0. The van der Waals surface area contributed by atoms with Crippen LogP contribution in [0.4, 0.5) is 0 Å². The predicted molar refractivity (Wildman–Crippen MR) is 52.8 cm³/mol. The summed E-state index contributed by atoms with van der Waals surface area (Å²) in [6.07, 6.45) is 5.76. The highest BCUT2D eigenvalue weighted by atomic mass is 14.4. The topological polar surface area (TPSA) is 0 Å². The predicted octanol–water partition coefficient (Wildman–Crippen LogP) is 4.25. The first-order chi connectivity index (χ1) is 5.16. The van der Waals surface area contributed by atoms with Crippen molar-refractivity contribution in [2.45, 2.75) is 60.3 Å². The van der Waals surface area contributed by atoms with E-state index in [0.29, 0.717) is 5.41 Å². The van der Waals surface area contributed by atoms with Gasteiger partial charge >= 0.3 is 0 Å². The van der Waals surface area contributed by atoms with E-state index in [4.69, 9.17) is 0 Å². The molecule has 0 spiro atoms. The maximum Gasteiger partial charge on any atom is -0.0326 e. The Morgan fingerprint density at radius 3 is 2.09 bits per heavy atom. The van der Waals surface area contributed by atoms with Crippen molar-refractivity contribution in [1.82, 2.24) is 0 Å². The Kier molecular flexibility index (Phi) is 4.79. The van der Waals surface area contributed by atoms with E-state index >= 15 is 0 Å². The molecule has 0 heterocycles. The molecule has 0 aromatic carbocycles. The lowest BCUT2D eigenvalue weighted by atomic mass is 9.85. The Morgan fingerprint density at radius 2 is 1.91 bits per heavy atom. The molecule has 1 aliphatic carbocycles. The van der Waals surface area contributed by atoms with Crippen LogP contribution in [0.25, 0.3) is 0 Å². The van der Waals surface area contributed by atoms with Crippen molar-refractivity contribution >= 4 is 0 Å². The lowest BCUT2D eigenvalue weighted by molar-refractivity contribution is 0.312. The van der Waals surface area contributed by atoms with Gasteiger partial charge in [-0.2, -0.15) is 0 Å². The smallest absolute Gasteiger partial charge is 0.0326 e.